The topological polar surface area (TPSA) is 27.7 Å². The van der Waals surface area contributed by atoms with Crippen LogP contribution in [-0.2, 0) is 0 Å². The number of hydrogen-bond donors (Lipinski definition) is 0. The largest absolute Gasteiger partial charge is 0.490 e. The summed E-state index contributed by atoms with van der Waals surface area (Å²) in [5.41, 5.74) is 2.12. The Morgan fingerprint density at radius 3 is 1.62 bits per heavy atom. The highest BCUT2D eigenvalue weighted by molar-refractivity contribution is 6.30. The van der Waals surface area contributed by atoms with Gasteiger partial charge in [-0.3, -0.25) is 0 Å². The molecule has 2 aromatic carbocycles. The van der Waals surface area contributed by atoms with Gasteiger partial charge in [0.25, 0.3) is 0 Å². The van der Waals surface area contributed by atoms with Gasteiger partial charge in [0.1, 0.15) is 0 Å². The minimum absolute atomic E-state index is 0.657. The van der Waals surface area contributed by atoms with Crippen LogP contribution >= 0.6 is 11.6 Å². The van der Waals surface area contributed by atoms with Gasteiger partial charge in [-0.05, 0) is 54.7 Å². The van der Waals surface area contributed by atoms with Crippen LogP contribution in [0.4, 0.5) is 0 Å². The van der Waals surface area contributed by atoms with E-state index in [-0.39, 0.29) is 0 Å². The van der Waals surface area contributed by atoms with Crippen molar-refractivity contribution in [3.8, 4) is 17.2 Å². The van der Waals surface area contributed by atoms with Crippen LogP contribution in [-0.4, -0.2) is 19.8 Å². The van der Waals surface area contributed by atoms with E-state index in [0.717, 1.165) is 71.9 Å². The predicted molar refractivity (Wildman–Crippen MR) is 137 cm³/mol. The van der Waals surface area contributed by atoms with E-state index in [2.05, 4.69) is 26.8 Å². The van der Waals surface area contributed by atoms with Gasteiger partial charge < -0.3 is 14.2 Å². The zero-order valence-electron chi connectivity index (χ0n) is 19.7. The molecule has 0 radical (unpaired) electrons. The van der Waals surface area contributed by atoms with Crippen LogP contribution in [0.15, 0.2) is 48.6 Å². The minimum Gasteiger partial charge on any atom is -0.490 e. The molecule has 174 valence electrons. The second-order valence-electron chi connectivity index (χ2n) is 7.72. The highest BCUT2D eigenvalue weighted by Gasteiger charge is 2.15. The smallest absolute Gasteiger partial charge is 0.203 e. The Bertz CT molecular complexity index is 809. The Morgan fingerprint density at radius 1 is 0.656 bits per heavy atom. The first-order valence-electron chi connectivity index (χ1n) is 11.8. The fourth-order valence-electron chi connectivity index (χ4n) is 2.93. The molecule has 2 rings (SSSR count). The summed E-state index contributed by atoms with van der Waals surface area (Å²) < 4.78 is 18.3. The van der Waals surface area contributed by atoms with Crippen molar-refractivity contribution in [1.29, 1.82) is 0 Å². The zero-order chi connectivity index (χ0) is 23.0. The lowest BCUT2D eigenvalue weighted by Crippen LogP contribution is -2.06. The van der Waals surface area contributed by atoms with Gasteiger partial charge in [-0.2, -0.15) is 0 Å². The standard InChI is InChI=1S/C28H37ClO3/c1-4-7-18-30-26-21-24(13-11-10-12-23-14-16-25(29)17-15-23)22-27(31-19-8-5-2)28(26)32-20-9-6-3/h10-17,21-22H,4-9,18-20H2,1-3H3. The van der Waals surface area contributed by atoms with Gasteiger partial charge in [-0.25, -0.2) is 0 Å². The predicted octanol–water partition coefficient (Wildman–Crippen LogP) is 8.60. The molecule has 0 N–H and O–H groups in total. The van der Waals surface area contributed by atoms with Crippen molar-refractivity contribution in [2.75, 3.05) is 19.8 Å². The molecule has 0 unspecified atom stereocenters. The van der Waals surface area contributed by atoms with Crippen molar-refractivity contribution < 1.29 is 14.2 Å². The molecule has 0 atom stereocenters. The maximum Gasteiger partial charge on any atom is 0.203 e. The number of halogens is 1. The van der Waals surface area contributed by atoms with Gasteiger partial charge in [0.15, 0.2) is 11.5 Å². The Morgan fingerprint density at radius 2 is 1.12 bits per heavy atom. The van der Waals surface area contributed by atoms with Crippen molar-refractivity contribution in [1.82, 2.24) is 0 Å². The molecule has 0 aliphatic rings. The second kappa shape index (κ2) is 15.4. The number of rotatable bonds is 15. The van der Waals surface area contributed by atoms with Gasteiger partial charge in [0.05, 0.1) is 19.8 Å². The van der Waals surface area contributed by atoms with Crippen LogP contribution in [0, 0.1) is 0 Å². The molecule has 0 saturated heterocycles. The summed E-state index contributed by atoms with van der Waals surface area (Å²) >= 11 is 5.95. The molecule has 0 fully saturated rings. The maximum atomic E-state index is 6.12. The summed E-state index contributed by atoms with van der Waals surface area (Å²) in [5.74, 6) is 2.23. The lowest BCUT2D eigenvalue weighted by atomic mass is 10.1. The van der Waals surface area contributed by atoms with E-state index < -0.39 is 0 Å². The number of allylic oxidation sites excluding steroid dienone is 2. The molecule has 32 heavy (non-hydrogen) atoms. The van der Waals surface area contributed by atoms with Crippen LogP contribution in [0.5, 0.6) is 17.2 Å². The van der Waals surface area contributed by atoms with Crippen LogP contribution in [0.3, 0.4) is 0 Å². The molecule has 4 heteroatoms. The first kappa shape index (κ1) is 25.9. The van der Waals surface area contributed by atoms with E-state index >= 15 is 0 Å². The summed E-state index contributed by atoms with van der Waals surface area (Å²) in [4.78, 5) is 0. The summed E-state index contributed by atoms with van der Waals surface area (Å²) in [7, 11) is 0. The van der Waals surface area contributed by atoms with Gasteiger partial charge >= 0.3 is 0 Å². The summed E-state index contributed by atoms with van der Waals surface area (Å²) in [6, 6.07) is 11.8. The average Bonchev–Trinajstić information content (AvgIpc) is 2.80. The SMILES string of the molecule is CCCCOc1cc(C=CC=Cc2ccc(Cl)cc2)cc(OCCCC)c1OCCCC. The first-order chi connectivity index (χ1) is 15.7. The first-order valence-corrected chi connectivity index (χ1v) is 12.2. The Hall–Kier alpha value is -2.39. The van der Waals surface area contributed by atoms with E-state index in [1.54, 1.807) is 0 Å². The number of unbranched alkanes of at least 4 members (excludes halogenated alkanes) is 3. The highest BCUT2D eigenvalue weighted by atomic mass is 35.5. The van der Waals surface area contributed by atoms with Crippen molar-refractivity contribution in [3.63, 3.8) is 0 Å². The zero-order valence-corrected chi connectivity index (χ0v) is 20.5. The van der Waals surface area contributed by atoms with Crippen LogP contribution in [0.1, 0.15) is 70.4 Å². The molecule has 0 aliphatic carbocycles. The van der Waals surface area contributed by atoms with Crippen molar-refractivity contribution in [3.05, 3.63) is 64.7 Å². The molecular formula is C28H37ClO3. The van der Waals surface area contributed by atoms with Gasteiger partial charge in [-0.1, -0.05) is 88.1 Å². The minimum atomic E-state index is 0.657. The average molecular weight is 457 g/mol. The Balaban J connectivity index is 2.25. The monoisotopic (exact) mass is 456 g/mol. The molecule has 0 aliphatic heterocycles. The Labute approximate surface area is 199 Å². The van der Waals surface area contributed by atoms with Crippen molar-refractivity contribution in [2.24, 2.45) is 0 Å². The molecule has 0 heterocycles. The maximum absolute atomic E-state index is 6.12. The van der Waals surface area contributed by atoms with Crippen molar-refractivity contribution >= 4 is 23.8 Å². The van der Waals surface area contributed by atoms with Crippen molar-refractivity contribution in [2.45, 2.75) is 59.3 Å². The van der Waals surface area contributed by atoms with E-state index in [4.69, 9.17) is 25.8 Å². The normalized spacial score (nSPS) is 11.4. The van der Waals surface area contributed by atoms with E-state index in [0.29, 0.717) is 19.8 Å². The number of hydrogen-bond acceptors (Lipinski definition) is 3. The van der Waals surface area contributed by atoms with E-state index in [9.17, 15) is 0 Å². The van der Waals surface area contributed by atoms with Gasteiger partial charge in [0, 0.05) is 5.02 Å². The van der Waals surface area contributed by atoms with Gasteiger partial charge in [0.2, 0.25) is 5.75 Å². The summed E-state index contributed by atoms with van der Waals surface area (Å²) in [6.07, 6.45) is 14.4. The Kier molecular flexibility index (Phi) is 12.5. The number of benzene rings is 2. The lowest BCUT2D eigenvalue weighted by molar-refractivity contribution is 0.237. The van der Waals surface area contributed by atoms with Gasteiger partial charge in [-0.15, -0.1) is 0 Å². The van der Waals surface area contributed by atoms with E-state index in [1.165, 1.54) is 0 Å². The molecule has 2 aromatic rings. The molecule has 0 aromatic heterocycles. The third kappa shape index (κ3) is 9.40. The third-order valence-electron chi connectivity index (χ3n) is 4.86. The third-order valence-corrected chi connectivity index (χ3v) is 5.11. The highest BCUT2D eigenvalue weighted by Crippen LogP contribution is 2.40. The molecule has 0 saturated carbocycles. The molecule has 0 amide bonds. The van der Waals surface area contributed by atoms with Crippen LogP contribution < -0.4 is 14.2 Å². The summed E-state index contributed by atoms with van der Waals surface area (Å²) in [6.45, 7) is 8.47. The molecular weight excluding hydrogens is 420 g/mol. The molecule has 0 spiro atoms. The summed E-state index contributed by atoms with van der Waals surface area (Å²) in [5, 5.41) is 0.741. The number of ether oxygens (including phenoxy) is 3. The quantitative estimate of drug-likeness (QED) is 0.198. The van der Waals surface area contributed by atoms with Crippen LogP contribution in [0.25, 0.3) is 12.2 Å². The molecule has 3 nitrogen and oxygen atoms in total. The fraction of sp³-hybridized carbons (Fsp3) is 0.429. The van der Waals surface area contributed by atoms with E-state index in [1.807, 2.05) is 54.6 Å². The molecule has 0 bridgehead atoms. The lowest BCUT2D eigenvalue weighted by Gasteiger charge is -2.18. The second-order valence-corrected chi connectivity index (χ2v) is 8.16. The van der Waals surface area contributed by atoms with Crippen LogP contribution in [0.2, 0.25) is 5.02 Å². The fourth-order valence-corrected chi connectivity index (χ4v) is 3.05.